The quantitative estimate of drug-likeness (QED) is 0.599. The third-order valence-corrected chi connectivity index (χ3v) is 6.56. The van der Waals surface area contributed by atoms with Gasteiger partial charge < -0.3 is 14.8 Å². The topological polar surface area (TPSA) is 84.9 Å². The summed E-state index contributed by atoms with van der Waals surface area (Å²) in [5.74, 6) is 0.757. The Morgan fingerprint density at radius 1 is 1.13 bits per heavy atom. The second-order valence-electron chi connectivity index (χ2n) is 7.25. The smallest absolute Gasteiger partial charge is 0.244 e. The van der Waals surface area contributed by atoms with E-state index in [2.05, 4.69) is 5.32 Å². The maximum Gasteiger partial charge on any atom is 0.244 e. The van der Waals surface area contributed by atoms with Crippen LogP contribution in [-0.2, 0) is 14.8 Å². The highest BCUT2D eigenvalue weighted by atomic mass is 35.5. The van der Waals surface area contributed by atoms with E-state index in [0.29, 0.717) is 12.2 Å². The second-order valence-corrected chi connectivity index (χ2v) is 9.52. The molecule has 0 heterocycles. The molecule has 0 aliphatic rings. The van der Waals surface area contributed by atoms with Crippen molar-refractivity contribution >= 4 is 33.2 Å². The van der Waals surface area contributed by atoms with Gasteiger partial charge in [-0.25, -0.2) is 8.42 Å². The molecular formula is C22H29ClN2O5S. The molecule has 1 amide bonds. The Morgan fingerprint density at radius 3 is 2.23 bits per heavy atom. The van der Waals surface area contributed by atoms with Crippen LogP contribution in [0.25, 0.3) is 0 Å². The maximum absolute atomic E-state index is 13.1. The molecule has 31 heavy (non-hydrogen) atoms. The van der Waals surface area contributed by atoms with Gasteiger partial charge in [0.05, 0.1) is 37.2 Å². The van der Waals surface area contributed by atoms with Crippen LogP contribution in [0.15, 0.2) is 36.4 Å². The summed E-state index contributed by atoms with van der Waals surface area (Å²) in [6.07, 6.45) is 1.69. The van der Waals surface area contributed by atoms with Crippen LogP contribution in [-0.4, -0.2) is 40.8 Å². The molecule has 2 aromatic carbocycles. The number of rotatable bonds is 9. The predicted octanol–water partition coefficient (Wildman–Crippen LogP) is 4.09. The highest BCUT2D eigenvalue weighted by molar-refractivity contribution is 7.92. The molecule has 7 nitrogen and oxygen atoms in total. The van der Waals surface area contributed by atoms with Crippen LogP contribution in [0.3, 0.4) is 0 Å². The van der Waals surface area contributed by atoms with Gasteiger partial charge in [0.2, 0.25) is 15.9 Å². The number of hydrogen-bond acceptors (Lipinski definition) is 5. The molecule has 2 rings (SSSR count). The summed E-state index contributed by atoms with van der Waals surface area (Å²) >= 11 is 6.18. The lowest BCUT2D eigenvalue weighted by molar-refractivity contribution is -0.122. The van der Waals surface area contributed by atoms with Crippen molar-refractivity contribution in [3.05, 3.63) is 52.5 Å². The molecule has 0 saturated heterocycles. The number of nitrogens with zero attached hydrogens (tertiary/aromatic N) is 1. The van der Waals surface area contributed by atoms with Gasteiger partial charge in [-0.2, -0.15) is 0 Å². The number of halogens is 1. The third kappa shape index (κ3) is 5.83. The average molecular weight is 469 g/mol. The van der Waals surface area contributed by atoms with E-state index in [0.717, 1.165) is 27.4 Å². The summed E-state index contributed by atoms with van der Waals surface area (Å²) in [7, 11) is -0.690. The van der Waals surface area contributed by atoms with Crippen LogP contribution in [0.2, 0.25) is 5.02 Å². The van der Waals surface area contributed by atoms with Gasteiger partial charge >= 0.3 is 0 Å². The highest BCUT2D eigenvalue weighted by Crippen LogP contribution is 2.31. The van der Waals surface area contributed by atoms with Crippen molar-refractivity contribution in [2.45, 2.75) is 39.3 Å². The molecule has 0 radical (unpaired) electrons. The summed E-state index contributed by atoms with van der Waals surface area (Å²) in [4.78, 5) is 13.1. The Morgan fingerprint density at radius 2 is 1.74 bits per heavy atom. The minimum absolute atomic E-state index is 0.251. The first-order valence-corrected chi connectivity index (χ1v) is 12.0. The zero-order chi connectivity index (χ0) is 23.3. The van der Waals surface area contributed by atoms with Crippen molar-refractivity contribution in [3.8, 4) is 11.5 Å². The number of hydrogen-bond donors (Lipinski definition) is 1. The molecule has 0 unspecified atom stereocenters. The van der Waals surface area contributed by atoms with E-state index in [-0.39, 0.29) is 16.8 Å². The first-order chi connectivity index (χ1) is 14.5. The average Bonchev–Trinajstić information content (AvgIpc) is 2.70. The molecule has 0 saturated carbocycles. The van der Waals surface area contributed by atoms with Crippen LogP contribution in [0, 0.1) is 6.92 Å². The van der Waals surface area contributed by atoms with E-state index in [4.69, 9.17) is 21.1 Å². The number of nitrogens with one attached hydrogen (secondary N) is 1. The number of amides is 1. The SMILES string of the molecule is CC[C@@H](NC(=O)[C@H](C)N(c1ccc(OC)c(Cl)c1)S(C)(=O)=O)c1ccc(OC)c(C)c1. The second kappa shape index (κ2) is 10.2. The van der Waals surface area contributed by atoms with Crippen molar-refractivity contribution in [1.82, 2.24) is 5.32 Å². The van der Waals surface area contributed by atoms with Crippen LogP contribution < -0.4 is 19.1 Å². The van der Waals surface area contributed by atoms with Gasteiger partial charge in [0.25, 0.3) is 0 Å². The fourth-order valence-electron chi connectivity index (χ4n) is 3.43. The molecule has 0 bridgehead atoms. The summed E-state index contributed by atoms with van der Waals surface area (Å²) in [5.41, 5.74) is 2.15. The Labute approximate surface area is 189 Å². The van der Waals surface area contributed by atoms with Gasteiger partial charge in [0.15, 0.2) is 0 Å². The zero-order valence-electron chi connectivity index (χ0n) is 18.6. The molecule has 0 aliphatic carbocycles. The van der Waals surface area contributed by atoms with Gasteiger partial charge in [-0.3, -0.25) is 9.10 Å². The number of aryl methyl sites for hydroxylation is 1. The summed E-state index contributed by atoms with van der Waals surface area (Å²) in [6.45, 7) is 5.42. The predicted molar refractivity (Wildman–Crippen MR) is 124 cm³/mol. The van der Waals surface area contributed by atoms with Crippen molar-refractivity contribution < 1.29 is 22.7 Å². The van der Waals surface area contributed by atoms with E-state index >= 15 is 0 Å². The number of ether oxygens (including phenoxy) is 2. The minimum Gasteiger partial charge on any atom is -0.496 e. The summed E-state index contributed by atoms with van der Waals surface area (Å²) in [6, 6.07) is 9.02. The zero-order valence-corrected chi connectivity index (χ0v) is 20.2. The maximum atomic E-state index is 13.1. The lowest BCUT2D eigenvalue weighted by atomic mass is 10.0. The number of anilines is 1. The van der Waals surface area contributed by atoms with Crippen LogP contribution in [0.1, 0.15) is 37.4 Å². The molecule has 0 aromatic heterocycles. The normalized spacial score (nSPS) is 13.3. The standard InChI is InChI=1S/C22H29ClN2O5S/c1-7-19(16-8-10-20(29-4)14(2)12-16)24-22(26)15(3)25(31(6,27)28)17-9-11-21(30-5)18(23)13-17/h8-13,15,19H,7H2,1-6H3,(H,24,26)/t15-,19+/m0/s1. The Hall–Kier alpha value is -2.45. The fourth-order valence-corrected chi connectivity index (χ4v) is 4.85. The highest BCUT2D eigenvalue weighted by Gasteiger charge is 2.30. The fraction of sp³-hybridized carbons (Fsp3) is 0.409. The number of carbonyl (C=O) groups is 1. The van der Waals surface area contributed by atoms with Crippen molar-refractivity contribution in [3.63, 3.8) is 0 Å². The van der Waals surface area contributed by atoms with Crippen LogP contribution >= 0.6 is 11.6 Å². The molecule has 1 N–H and O–H groups in total. The largest absolute Gasteiger partial charge is 0.496 e. The molecule has 0 spiro atoms. The molecule has 2 atom stereocenters. The van der Waals surface area contributed by atoms with E-state index in [1.165, 1.54) is 13.2 Å². The van der Waals surface area contributed by atoms with Gasteiger partial charge in [-0.05, 0) is 55.7 Å². The van der Waals surface area contributed by atoms with E-state index in [9.17, 15) is 13.2 Å². The van der Waals surface area contributed by atoms with Crippen LogP contribution in [0.4, 0.5) is 5.69 Å². The lowest BCUT2D eigenvalue weighted by Crippen LogP contribution is -2.48. The molecule has 0 aliphatic heterocycles. The van der Waals surface area contributed by atoms with E-state index in [1.54, 1.807) is 26.2 Å². The van der Waals surface area contributed by atoms with Crippen molar-refractivity contribution in [2.24, 2.45) is 0 Å². The summed E-state index contributed by atoms with van der Waals surface area (Å²) in [5, 5.41) is 3.21. The number of benzene rings is 2. The number of carbonyl (C=O) groups excluding carboxylic acids is 1. The first kappa shape index (κ1) is 24.8. The number of methoxy groups -OCH3 is 2. The monoisotopic (exact) mass is 468 g/mol. The molecule has 0 fully saturated rings. The third-order valence-electron chi connectivity index (χ3n) is 5.02. The van der Waals surface area contributed by atoms with E-state index in [1.807, 2.05) is 32.0 Å². The number of sulfonamides is 1. The minimum atomic E-state index is -3.76. The molecular weight excluding hydrogens is 440 g/mol. The van der Waals surface area contributed by atoms with Crippen molar-refractivity contribution in [2.75, 3.05) is 24.8 Å². The molecule has 9 heteroatoms. The Balaban J connectivity index is 2.32. The molecule has 2 aromatic rings. The Bertz CT molecular complexity index is 1040. The van der Waals surface area contributed by atoms with Gasteiger partial charge in [-0.15, -0.1) is 0 Å². The van der Waals surface area contributed by atoms with Crippen molar-refractivity contribution in [1.29, 1.82) is 0 Å². The van der Waals surface area contributed by atoms with E-state index < -0.39 is 22.0 Å². The first-order valence-electron chi connectivity index (χ1n) is 9.81. The summed E-state index contributed by atoms with van der Waals surface area (Å²) < 4.78 is 36.6. The van der Waals surface area contributed by atoms with Gasteiger partial charge in [-0.1, -0.05) is 30.7 Å². The van der Waals surface area contributed by atoms with Gasteiger partial charge in [0.1, 0.15) is 17.5 Å². The van der Waals surface area contributed by atoms with Crippen LogP contribution in [0.5, 0.6) is 11.5 Å². The Kier molecular flexibility index (Phi) is 8.20. The molecule has 170 valence electrons. The van der Waals surface area contributed by atoms with Gasteiger partial charge in [0, 0.05) is 0 Å². The lowest BCUT2D eigenvalue weighted by Gasteiger charge is -2.30.